The van der Waals surface area contributed by atoms with E-state index in [1.54, 1.807) is 11.3 Å². The number of thiophene rings is 1. The van der Waals surface area contributed by atoms with E-state index in [4.69, 9.17) is 5.84 Å². The zero-order valence-electron chi connectivity index (χ0n) is 8.99. The van der Waals surface area contributed by atoms with Gasteiger partial charge in [0.25, 0.3) is 0 Å². The highest BCUT2D eigenvalue weighted by Gasteiger charge is 2.14. The van der Waals surface area contributed by atoms with Gasteiger partial charge in [0.1, 0.15) is 0 Å². The van der Waals surface area contributed by atoms with Crippen molar-refractivity contribution < 1.29 is 0 Å². The molecule has 1 aromatic carbocycles. The Kier molecular flexibility index (Phi) is 4.76. The molecule has 0 radical (unpaired) electrons. The van der Waals surface area contributed by atoms with Crippen molar-refractivity contribution in [2.75, 3.05) is 0 Å². The van der Waals surface area contributed by atoms with Crippen LogP contribution in [0.1, 0.15) is 17.2 Å². The number of nitrogens with one attached hydrogen (secondary N) is 1. The molecule has 1 unspecified atom stereocenters. The predicted octanol–water partition coefficient (Wildman–Crippen LogP) is 4.02. The zero-order chi connectivity index (χ0) is 12.3. The van der Waals surface area contributed by atoms with Gasteiger partial charge in [-0.25, -0.2) is 0 Å². The molecule has 2 rings (SSSR count). The number of hydrogen-bond acceptors (Lipinski definition) is 3. The first kappa shape index (κ1) is 13.2. The second kappa shape index (κ2) is 6.11. The van der Waals surface area contributed by atoms with Gasteiger partial charge in [0.15, 0.2) is 0 Å². The summed E-state index contributed by atoms with van der Waals surface area (Å²) in [7, 11) is 0. The molecule has 1 aromatic heterocycles. The summed E-state index contributed by atoms with van der Waals surface area (Å²) in [5, 5.41) is 4.23. The lowest BCUT2D eigenvalue weighted by Crippen LogP contribution is -2.29. The molecule has 17 heavy (non-hydrogen) atoms. The van der Waals surface area contributed by atoms with Crippen molar-refractivity contribution in [2.45, 2.75) is 12.5 Å². The Morgan fingerprint density at radius 3 is 2.71 bits per heavy atom. The summed E-state index contributed by atoms with van der Waals surface area (Å²) in [6, 6.07) is 8.38. The van der Waals surface area contributed by atoms with Gasteiger partial charge in [0.2, 0.25) is 0 Å². The Balaban J connectivity index is 2.23. The van der Waals surface area contributed by atoms with E-state index in [-0.39, 0.29) is 6.04 Å². The Morgan fingerprint density at radius 1 is 1.29 bits per heavy atom. The molecule has 0 bridgehead atoms. The minimum absolute atomic E-state index is 0.118. The summed E-state index contributed by atoms with van der Waals surface area (Å²) in [6.07, 6.45) is 0.889. The van der Waals surface area contributed by atoms with Crippen LogP contribution in [0.25, 0.3) is 0 Å². The molecule has 2 aromatic rings. The number of hydrazine groups is 1. The number of benzene rings is 1. The highest BCUT2D eigenvalue weighted by Crippen LogP contribution is 2.28. The fourth-order valence-electron chi connectivity index (χ4n) is 1.69. The average molecular weight is 376 g/mol. The van der Waals surface area contributed by atoms with Crippen LogP contribution in [0.2, 0.25) is 0 Å². The lowest BCUT2D eigenvalue weighted by atomic mass is 10.0. The predicted molar refractivity (Wildman–Crippen MR) is 79.9 cm³/mol. The molecule has 1 heterocycles. The minimum Gasteiger partial charge on any atom is -0.271 e. The summed E-state index contributed by atoms with van der Waals surface area (Å²) < 4.78 is 2.12. The van der Waals surface area contributed by atoms with E-state index in [1.165, 1.54) is 11.1 Å². The van der Waals surface area contributed by atoms with Crippen LogP contribution in [-0.4, -0.2) is 0 Å². The summed E-state index contributed by atoms with van der Waals surface area (Å²) in [5.41, 5.74) is 5.34. The topological polar surface area (TPSA) is 38.0 Å². The second-order valence-corrected chi connectivity index (χ2v) is 6.27. The molecule has 2 nitrogen and oxygen atoms in total. The van der Waals surface area contributed by atoms with Crippen LogP contribution in [0.3, 0.4) is 0 Å². The second-order valence-electron chi connectivity index (χ2n) is 3.72. The van der Waals surface area contributed by atoms with E-state index >= 15 is 0 Å². The summed E-state index contributed by atoms with van der Waals surface area (Å²) >= 11 is 8.72. The van der Waals surface area contributed by atoms with Crippen LogP contribution < -0.4 is 11.3 Å². The summed E-state index contributed by atoms with van der Waals surface area (Å²) in [4.78, 5) is 0. The number of halogens is 2. The summed E-state index contributed by atoms with van der Waals surface area (Å²) in [5.74, 6) is 5.65. The molecule has 1 atom stereocenters. The Bertz CT molecular complexity index is 485. The smallest absolute Gasteiger partial charge is 0.0511 e. The highest BCUT2D eigenvalue weighted by molar-refractivity contribution is 9.11. The van der Waals surface area contributed by atoms with Crippen molar-refractivity contribution in [2.24, 2.45) is 5.84 Å². The van der Waals surface area contributed by atoms with Gasteiger partial charge in [-0.2, -0.15) is 11.3 Å². The van der Waals surface area contributed by atoms with Crippen molar-refractivity contribution >= 4 is 43.2 Å². The number of hydrogen-bond donors (Lipinski definition) is 2. The van der Waals surface area contributed by atoms with Crippen LogP contribution in [0.4, 0.5) is 0 Å². The van der Waals surface area contributed by atoms with Gasteiger partial charge < -0.3 is 0 Å². The highest BCUT2D eigenvalue weighted by atomic mass is 79.9. The number of nitrogens with two attached hydrogens (primary N) is 1. The molecule has 0 amide bonds. The van der Waals surface area contributed by atoms with Crippen molar-refractivity contribution in [1.29, 1.82) is 0 Å². The van der Waals surface area contributed by atoms with Gasteiger partial charge in [-0.05, 0) is 46.5 Å². The lowest BCUT2D eigenvalue weighted by molar-refractivity contribution is 0.550. The molecule has 0 saturated carbocycles. The molecule has 0 aliphatic rings. The monoisotopic (exact) mass is 374 g/mol. The van der Waals surface area contributed by atoms with Crippen molar-refractivity contribution in [1.82, 2.24) is 5.43 Å². The lowest BCUT2D eigenvalue weighted by Gasteiger charge is -2.17. The van der Waals surface area contributed by atoms with Gasteiger partial charge >= 0.3 is 0 Å². The van der Waals surface area contributed by atoms with Crippen LogP contribution in [-0.2, 0) is 6.42 Å². The average Bonchev–Trinajstić information content (AvgIpc) is 2.79. The van der Waals surface area contributed by atoms with Crippen molar-refractivity contribution in [3.63, 3.8) is 0 Å². The largest absolute Gasteiger partial charge is 0.271 e. The molecule has 90 valence electrons. The van der Waals surface area contributed by atoms with E-state index in [0.717, 1.165) is 15.4 Å². The fraction of sp³-hybridized carbons (Fsp3) is 0.167. The van der Waals surface area contributed by atoms with Crippen LogP contribution in [0.15, 0.2) is 44.0 Å². The fourth-order valence-corrected chi connectivity index (χ4v) is 3.69. The molecule has 0 aliphatic carbocycles. The SMILES string of the molecule is NNC(Cc1ccsc1)c1ccc(Br)cc1Br. The maximum atomic E-state index is 5.65. The zero-order valence-corrected chi connectivity index (χ0v) is 13.0. The first-order valence-corrected chi connectivity index (χ1v) is 7.65. The van der Waals surface area contributed by atoms with Gasteiger partial charge in [0.05, 0.1) is 6.04 Å². The van der Waals surface area contributed by atoms with E-state index in [2.05, 4.69) is 60.2 Å². The standard InChI is InChI=1S/C12H12Br2N2S/c13-9-1-2-10(11(14)6-9)12(16-15)5-8-3-4-17-7-8/h1-4,6-7,12,16H,5,15H2. The third-order valence-corrected chi connectivity index (χ3v) is 4.47. The molecule has 3 N–H and O–H groups in total. The summed E-state index contributed by atoms with van der Waals surface area (Å²) in [6.45, 7) is 0. The third kappa shape index (κ3) is 3.39. The quantitative estimate of drug-likeness (QED) is 0.625. The first-order chi connectivity index (χ1) is 8.20. The first-order valence-electron chi connectivity index (χ1n) is 5.13. The Labute approximate surface area is 121 Å². The Morgan fingerprint density at radius 2 is 2.12 bits per heavy atom. The molecule has 5 heteroatoms. The van der Waals surface area contributed by atoms with Gasteiger partial charge in [-0.3, -0.25) is 11.3 Å². The molecule has 0 fully saturated rings. The van der Waals surface area contributed by atoms with E-state index in [9.17, 15) is 0 Å². The van der Waals surface area contributed by atoms with Gasteiger partial charge in [-0.15, -0.1) is 0 Å². The minimum atomic E-state index is 0.118. The van der Waals surface area contributed by atoms with Crippen molar-refractivity contribution in [3.8, 4) is 0 Å². The molecular formula is C12H12Br2N2S. The maximum absolute atomic E-state index is 5.65. The Hall–Kier alpha value is -0.200. The van der Waals surface area contributed by atoms with Gasteiger partial charge in [0, 0.05) is 8.95 Å². The van der Waals surface area contributed by atoms with Crippen LogP contribution in [0.5, 0.6) is 0 Å². The molecular weight excluding hydrogens is 364 g/mol. The van der Waals surface area contributed by atoms with Crippen molar-refractivity contribution in [3.05, 3.63) is 55.1 Å². The van der Waals surface area contributed by atoms with E-state index < -0.39 is 0 Å². The number of rotatable bonds is 4. The van der Waals surface area contributed by atoms with Crippen LogP contribution in [0, 0.1) is 0 Å². The molecule has 0 spiro atoms. The van der Waals surface area contributed by atoms with E-state index in [1.807, 2.05) is 12.1 Å². The third-order valence-electron chi connectivity index (χ3n) is 2.56. The van der Waals surface area contributed by atoms with Gasteiger partial charge in [-0.1, -0.05) is 37.9 Å². The maximum Gasteiger partial charge on any atom is 0.0511 e. The normalized spacial score (nSPS) is 12.6. The van der Waals surface area contributed by atoms with Crippen LogP contribution >= 0.6 is 43.2 Å². The molecule has 0 saturated heterocycles. The molecule has 0 aliphatic heterocycles. The van der Waals surface area contributed by atoms with E-state index in [0.29, 0.717) is 0 Å².